The van der Waals surface area contributed by atoms with Gasteiger partial charge >= 0.3 is 5.69 Å². The molecule has 0 amide bonds. The maximum Gasteiger partial charge on any atom is 0.334 e. The third-order valence-corrected chi connectivity index (χ3v) is 3.70. The minimum Gasteiger partial charge on any atom is -0.396 e. The Bertz CT molecular complexity index is 491. The molecule has 0 radical (unpaired) electrons. The Hall–Kier alpha value is -1.63. The predicted molar refractivity (Wildman–Crippen MR) is 71.2 cm³/mol. The summed E-state index contributed by atoms with van der Waals surface area (Å²) < 4.78 is 1.51. The molecule has 2 rings (SSSR count). The Morgan fingerprint density at radius 3 is 2.63 bits per heavy atom. The van der Waals surface area contributed by atoms with Gasteiger partial charge in [-0.3, -0.25) is 10.1 Å². The highest BCUT2D eigenvalue weighted by molar-refractivity contribution is 5.60. The SMILES string of the molecule is CC(C)c1nn(C)c(NCC2(CO)CC2)c1[N+](=O)[O-]. The van der Waals surface area contributed by atoms with Gasteiger partial charge in [0.25, 0.3) is 0 Å². The van der Waals surface area contributed by atoms with E-state index in [-0.39, 0.29) is 28.6 Å². The highest BCUT2D eigenvalue weighted by Gasteiger charge is 2.42. The molecule has 1 heterocycles. The lowest BCUT2D eigenvalue weighted by Gasteiger charge is -2.13. The number of anilines is 1. The lowest BCUT2D eigenvalue weighted by Crippen LogP contribution is -2.20. The summed E-state index contributed by atoms with van der Waals surface area (Å²) in [4.78, 5) is 10.8. The number of rotatable bonds is 6. The van der Waals surface area contributed by atoms with Crippen LogP contribution in [-0.2, 0) is 7.05 Å². The predicted octanol–water partition coefficient (Wildman–Crippen LogP) is 1.64. The molecule has 0 atom stereocenters. The maximum atomic E-state index is 11.2. The van der Waals surface area contributed by atoms with Crippen LogP contribution in [0.25, 0.3) is 0 Å². The first-order chi connectivity index (χ1) is 8.90. The molecule has 7 heteroatoms. The van der Waals surface area contributed by atoms with Crippen molar-refractivity contribution < 1.29 is 10.0 Å². The van der Waals surface area contributed by atoms with Gasteiger partial charge < -0.3 is 10.4 Å². The fraction of sp³-hybridized carbons (Fsp3) is 0.750. The van der Waals surface area contributed by atoms with Gasteiger partial charge in [-0.05, 0) is 12.8 Å². The average molecular weight is 268 g/mol. The van der Waals surface area contributed by atoms with Gasteiger partial charge in [-0.1, -0.05) is 13.8 Å². The number of hydrogen-bond donors (Lipinski definition) is 2. The van der Waals surface area contributed by atoms with Gasteiger partial charge in [-0.2, -0.15) is 5.10 Å². The molecule has 106 valence electrons. The van der Waals surface area contributed by atoms with E-state index in [0.29, 0.717) is 18.1 Å². The van der Waals surface area contributed by atoms with Crippen molar-refractivity contribution in [3.8, 4) is 0 Å². The van der Waals surface area contributed by atoms with Crippen LogP contribution >= 0.6 is 0 Å². The summed E-state index contributed by atoms with van der Waals surface area (Å²) in [7, 11) is 1.69. The molecule has 0 saturated heterocycles. The van der Waals surface area contributed by atoms with E-state index in [9.17, 15) is 15.2 Å². The molecule has 0 aromatic carbocycles. The van der Waals surface area contributed by atoms with Gasteiger partial charge in [-0.25, -0.2) is 4.68 Å². The van der Waals surface area contributed by atoms with E-state index >= 15 is 0 Å². The largest absolute Gasteiger partial charge is 0.396 e. The zero-order valence-corrected chi connectivity index (χ0v) is 11.5. The Balaban J connectivity index is 2.26. The molecule has 0 aliphatic heterocycles. The number of nitrogens with zero attached hydrogens (tertiary/aromatic N) is 3. The molecule has 1 aromatic heterocycles. The van der Waals surface area contributed by atoms with E-state index in [4.69, 9.17) is 0 Å². The minimum atomic E-state index is -0.386. The van der Waals surface area contributed by atoms with Crippen LogP contribution in [0.15, 0.2) is 0 Å². The van der Waals surface area contributed by atoms with Gasteiger partial charge in [-0.15, -0.1) is 0 Å². The standard InChI is InChI=1S/C12H20N4O3/c1-8(2)9-10(16(18)19)11(15(3)14-9)13-6-12(7-17)4-5-12/h8,13,17H,4-7H2,1-3H3. The van der Waals surface area contributed by atoms with Gasteiger partial charge in [0.05, 0.1) is 11.5 Å². The zero-order valence-electron chi connectivity index (χ0n) is 11.5. The fourth-order valence-corrected chi connectivity index (χ4v) is 2.14. The van der Waals surface area contributed by atoms with Crippen LogP contribution in [0, 0.1) is 15.5 Å². The normalized spacial score (nSPS) is 16.7. The first kappa shape index (κ1) is 13.8. The molecule has 1 fully saturated rings. The van der Waals surface area contributed by atoms with Crippen molar-refractivity contribution in [3.63, 3.8) is 0 Å². The second-order valence-electron chi connectivity index (χ2n) is 5.63. The Labute approximate surface area is 111 Å². The Kier molecular flexibility index (Phi) is 3.49. The van der Waals surface area contributed by atoms with Crippen molar-refractivity contribution in [2.24, 2.45) is 12.5 Å². The monoisotopic (exact) mass is 268 g/mol. The highest BCUT2D eigenvalue weighted by Crippen LogP contribution is 2.45. The Morgan fingerprint density at radius 2 is 2.21 bits per heavy atom. The lowest BCUT2D eigenvalue weighted by molar-refractivity contribution is -0.384. The van der Waals surface area contributed by atoms with E-state index in [0.717, 1.165) is 12.8 Å². The summed E-state index contributed by atoms with van der Waals surface area (Å²) in [6.45, 7) is 4.43. The first-order valence-electron chi connectivity index (χ1n) is 6.46. The van der Waals surface area contributed by atoms with Crippen molar-refractivity contribution in [1.82, 2.24) is 9.78 Å². The number of aromatic nitrogens is 2. The molecule has 0 spiro atoms. The fourth-order valence-electron chi connectivity index (χ4n) is 2.14. The summed E-state index contributed by atoms with van der Waals surface area (Å²) in [5.74, 6) is 0.420. The third kappa shape index (κ3) is 2.56. The van der Waals surface area contributed by atoms with E-state index in [1.165, 1.54) is 4.68 Å². The molecular formula is C12H20N4O3. The number of nitro groups is 1. The van der Waals surface area contributed by atoms with E-state index < -0.39 is 0 Å². The molecule has 19 heavy (non-hydrogen) atoms. The van der Waals surface area contributed by atoms with Crippen LogP contribution in [0.5, 0.6) is 0 Å². The summed E-state index contributed by atoms with van der Waals surface area (Å²) in [5.41, 5.74) is 0.436. The molecule has 2 N–H and O–H groups in total. The van der Waals surface area contributed by atoms with Crippen molar-refractivity contribution >= 4 is 11.5 Å². The van der Waals surface area contributed by atoms with Gasteiger partial charge in [0.15, 0.2) is 0 Å². The number of nitrogens with one attached hydrogen (secondary N) is 1. The topological polar surface area (TPSA) is 93.2 Å². The number of hydrogen-bond acceptors (Lipinski definition) is 5. The van der Waals surface area contributed by atoms with Gasteiger partial charge in [0.2, 0.25) is 5.82 Å². The zero-order chi connectivity index (χ0) is 14.2. The summed E-state index contributed by atoms with van der Waals surface area (Å²) in [5, 5.41) is 27.8. The molecule has 1 aliphatic rings. The van der Waals surface area contributed by atoms with Crippen molar-refractivity contribution in [1.29, 1.82) is 0 Å². The maximum absolute atomic E-state index is 11.2. The third-order valence-electron chi connectivity index (χ3n) is 3.70. The van der Waals surface area contributed by atoms with E-state index in [1.807, 2.05) is 13.8 Å². The highest BCUT2D eigenvalue weighted by atomic mass is 16.6. The number of aliphatic hydroxyl groups excluding tert-OH is 1. The molecule has 7 nitrogen and oxygen atoms in total. The first-order valence-corrected chi connectivity index (χ1v) is 6.46. The average Bonchev–Trinajstić information content (AvgIpc) is 3.04. The quantitative estimate of drug-likeness (QED) is 0.604. The summed E-state index contributed by atoms with van der Waals surface area (Å²) in [6.07, 6.45) is 1.92. The van der Waals surface area contributed by atoms with Crippen LogP contribution in [0.2, 0.25) is 0 Å². The summed E-state index contributed by atoms with van der Waals surface area (Å²) in [6, 6.07) is 0. The van der Waals surface area contributed by atoms with Crippen LogP contribution in [0.3, 0.4) is 0 Å². The minimum absolute atomic E-state index is 0.00474. The second kappa shape index (κ2) is 4.80. The Morgan fingerprint density at radius 1 is 1.58 bits per heavy atom. The number of aryl methyl sites for hydroxylation is 1. The molecule has 0 unspecified atom stereocenters. The van der Waals surface area contributed by atoms with Crippen LogP contribution in [0.1, 0.15) is 38.3 Å². The number of aliphatic hydroxyl groups is 1. The second-order valence-corrected chi connectivity index (χ2v) is 5.63. The van der Waals surface area contributed by atoms with Gasteiger partial charge in [0.1, 0.15) is 5.69 Å². The van der Waals surface area contributed by atoms with Crippen molar-refractivity contribution in [2.45, 2.75) is 32.6 Å². The van der Waals surface area contributed by atoms with Crippen LogP contribution in [0.4, 0.5) is 11.5 Å². The lowest BCUT2D eigenvalue weighted by atomic mass is 10.1. The van der Waals surface area contributed by atoms with Crippen LogP contribution in [-0.4, -0.2) is 33.0 Å². The molecule has 0 bridgehead atoms. The van der Waals surface area contributed by atoms with Crippen molar-refractivity contribution in [2.75, 3.05) is 18.5 Å². The van der Waals surface area contributed by atoms with E-state index in [2.05, 4.69) is 10.4 Å². The van der Waals surface area contributed by atoms with Gasteiger partial charge in [0, 0.05) is 24.9 Å². The molecule has 1 aromatic rings. The van der Waals surface area contributed by atoms with E-state index in [1.54, 1.807) is 7.05 Å². The van der Waals surface area contributed by atoms with Crippen molar-refractivity contribution in [3.05, 3.63) is 15.8 Å². The molecule has 1 saturated carbocycles. The smallest absolute Gasteiger partial charge is 0.334 e. The summed E-state index contributed by atoms with van der Waals surface area (Å²) >= 11 is 0. The van der Waals surface area contributed by atoms with Crippen LogP contribution < -0.4 is 5.32 Å². The molecular weight excluding hydrogens is 248 g/mol. The molecule has 1 aliphatic carbocycles.